The van der Waals surface area contributed by atoms with Crippen LogP contribution in [0.1, 0.15) is 5.69 Å². The maximum absolute atomic E-state index is 12.2. The van der Waals surface area contributed by atoms with Crippen molar-refractivity contribution in [2.24, 2.45) is 0 Å². The van der Waals surface area contributed by atoms with Crippen LogP contribution in [0.25, 0.3) is 11.5 Å². The lowest BCUT2D eigenvalue weighted by Crippen LogP contribution is -2.04. The van der Waals surface area contributed by atoms with Crippen molar-refractivity contribution in [3.05, 3.63) is 24.4 Å². The van der Waals surface area contributed by atoms with Gasteiger partial charge in [0.1, 0.15) is 18.3 Å². The fourth-order valence-corrected chi connectivity index (χ4v) is 0.960. The van der Waals surface area contributed by atoms with Crippen molar-refractivity contribution in [3.8, 4) is 11.5 Å². The molecule has 0 atom stereocenters. The van der Waals surface area contributed by atoms with Crippen LogP contribution in [-0.2, 0) is 6.18 Å². The highest BCUT2D eigenvalue weighted by molar-refractivity contribution is 5.48. The Morgan fingerprint density at radius 1 is 1.13 bits per heavy atom. The van der Waals surface area contributed by atoms with Gasteiger partial charge in [0.15, 0.2) is 11.5 Å². The molecular formula is C7H4F3N5. The van der Waals surface area contributed by atoms with E-state index in [0.29, 0.717) is 0 Å². The van der Waals surface area contributed by atoms with E-state index in [-0.39, 0.29) is 11.5 Å². The van der Waals surface area contributed by atoms with Gasteiger partial charge in [-0.05, 0) is 6.07 Å². The molecule has 8 heteroatoms. The minimum absolute atomic E-state index is 0.102. The molecule has 0 aliphatic heterocycles. The first-order chi connectivity index (χ1) is 7.07. The minimum Gasteiger partial charge on any atom is -0.274 e. The van der Waals surface area contributed by atoms with Crippen molar-refractivity contribution in [2.45, 2.75) is 6.18 Å². The van der Waals surface area contributed by atoms with Crippen molar-refractivity contribution in [2.75, 3.05) is 0 Å². The SMILES string of the molecule is FC(F)(F)c1cc(-c2ncncn2)[nH]n1. The highest BCUT2D eigenvalue weighted by Gasteiger charge is 2.34. The molecule has 2 aromatic heterocycles. The summed E-state index contributed by atoms with van der Waals surface area (Å²) in [6.45, 7) is 0. The van der Waals surface area contributed by atoms with Crippen molar-refractivity contribution in [1.82, 2.24) is 25.1 Å². The third-order valence-electron chi connectivity index (χ3n) is 1.60. The van der Waals surface area contributed by atoms with E-state index in [1.54, 1.807) is 0 Å². The monoisotopic (exact) mass is 215 g/mol. The number of H-pyrrole nitrogens is 1. The van der Waals surface area contributed by atoms with Gasteiger partial charge in [-0.25, -0.2) is 15.0 Å². The van der Waals surface area contributed by atoms with Gasteiger partial charge in [-0.1, -0.05) is 0 Å². The Morgan fingerprint density at radius 2 is 1.80 bits per heavy atom. The molecule has 0 saturated carbocycles. The Bertz CT molecular complexity index is 449. The molecule has 2 rings (SSSR count). The van der Waals surface area contributed by atoms with Crippen molar-refractivity contribution < 1.29 is 13.2 Å². The number of hydrogen-bond donors (Lipinski definition) is 1. The summed E-state index contributed by atoms with van der Waals surface area (Å²) in [7, 11) is 0. The number of aromatic amines is 1. The summed E-state index contributed by atoms with van der Waals surface area (Å²) in [5.74, 6) is 0.119. The van der Waals surface area contributed by atoms with E-state index in [9.17, 15) is 13.2 Å². The lowest BCUT2D eigenvalue weighted by atomic mass is 10.3. The molecule has 15 heavy (non-hydrogen) atoms. The van der Waals surface area contributed by atoms with Crippen LogP contribution in [-0.4, -0.2) is 25.1 Å². The largest absolute Gasteiger partial charge is 0.435 e. The van der Waals surface area contributed by atoms with Gasteiger partial charge in [0.25, 0.3) is 0 Å². The second kappa shape index (κ2) is 3.30. The summed E-state index contributed by atoms with van der Waals surface area (Å²) in [5, 5.41) is 5.32. The molecule has 0 bridgehead atoms. The summed E-state index contributed by atoms with van der Waals surface area (Å²) in [6.07, 6.45) is -2.09. The Labute approximate surface area is 81.4 Å². The van der Waals surface area contributed by atoms with Gasteiger partial charge < -0.3 is 0 Å². The third-order valence-corrected chi connectivity index (χ3v) is 1.60. The number of nitrogens with one attached hydrogen (secondary N) is 1. The summed E-state index contributed by atoms with van der Waals surface area (Å²) >= 11 is 0. The molecule has 5 nitrogen and oxygen atoms in total. The van der Waals surface area contributed by atoms with Gasteiger partial charge in [0.2, 0.25) is 0 Å². The molecule has 1 N–H and O–H groups in total. The van der Waals surface area contributed by atoms with Crippen LogP contribution in [0.4, 0.5) is 13.2 Å². The molecule has 0 fully saturated rings. The zero-order chi connectivity index (χ0) is 10.9. The Balaban J connectivity index is 2.37. The van der Waals surface area contributed by atoms with Gasteiger partial charge in [-0.2, -0.15) is 18.3 Å². The number of rotatable bonds is 1. The van der Waals surface area contributed by atoms with Gasteiger partial charge in [-0.3, -0.25) is 5.10 Å². The quantitative estimate of drug-likeness (QED) is 0.778. The first kappa shape index (κ1) is 9.56. The summed E-state index contributed by atoms with van der Waals surface area (Å²) in [6, 6.07) is 0.843. The Kier molecular flexibility index (Phi) is 2.10. The van der Waals surface area contributed by atoms with Gasteiger partial charge in [0, 0.05) is 0 Å². The van der Waals surface area contributed by atoms with Crippen LogP contribution in [0, 0.1) is 0 Å². The maximum atomic E-state index is 12.2. The molecule has 78 valence electrons. The fourth-order valence-electron chi connectivity index (χ4n) is 0.960. The van der Waals surface area contributed by atoms with Crippen LogP contribution in [0.15, 0.2) is 18.7 Å². The first-order valence-corrected chi connectivity index (χ1v) is 3.82. The first-order valence-electron chi connectivity index (χ1n) is 3.82. The average molecular weight is 215 g/mol. The van der Waals surface area contributed by atoms with Gasteiger partial charge in [0.05, 0.1) is 0 Å². The van der Waals surface area contributed by atoms with Crippen LogP contribution < -0.4 is 0 Å². The van der Waals surface area contributed by atoms with Crippen molar-refractivity contribution in [1.29, 1.82) is 0 Å². The fraction of sp³-hybridized carbons (Fsp3) is 0.143. The smallest absolute Gasteiger partial charge is 0.274 e. The molecule has 0 spiro atoms. The molecule has 0 amide bonds. The molecule has 0 radical (unpaired) electrons. The van der Waals surface area contributed by atoms with E-state index >= 15 is 0 Å². The topological polar surface area (TPSA) is 67.3 Å². The average Bonchev–Trinajstić information content (AvgIpc) is 2.67. The molecule has 0 unspecified atom stereocenters. The van der Waals surface area contributed by atoms with E-state index in [2.05, 4.69) is 25.1 Å². The Hall–Kier alpha value is -1.99. The number of nitrogens with zero attached hydrogens (tertiary/aromatic N) is 4. The van der Waals surface area contributed by atoms with E-state index in [1.807, 2.05) is 0 Å². The van der Waals surface area contributed by atoms with Gasteiger partial charge in [-0.15, -0.1) is 0 Å². The van der Waals surface area contributed by atoms with E-state index in [1.165, 1.54) is 12.7 Å². The molecule has 0 saturated heterocycles. The molecule has 0 aromatic carbocycles. The highest BCUT2D eigenvalue weighted by Crippen LogP contribution is 2.29. The number of halogens is 3. The number of alkyl halides is 3. The lowest BCUT2D eigenvalue weighted by molar-refractivity contribution is -0.141. The van der Waals surface area contributed by atoms with E-state index in [0.717, 1.165) is 6.07 Å². The molecule has 0 aliphatic rings. The summed E-state index contributed by atoms with van der Waals surface area (Å²) in [5.41, 5.74) is -0.900. The second-order valence-electron chi connectivity index (χ2n) is 2.63. The van der Waals surface area contributed by atoms with Crippen molar-refractivity contribution in [3.63, 3.8) is 0 Å². The Morgan fingerprint density at radius 3 is 2.33 bits per heavy atom. The minimum atomic E-state index is -4.47. The summed E-state index contributed by atoms with van der Waals surface area (Å²) < 4.78 is 36.5. The molecule has 2 heterocycles. The standard InChI is InChI=1S/C7H4F3N5/c8-7(9,10)5-1-4(14-15-5)6-12-2-11-3-13-6/h1-3H,(H,14,15). The maximum Gasteiger partial charge on any atom is 0.435 e. The lowest BCUT2D eigenvalue weighted by Gasteiger charge is -1.98. The third kappa shape index (κ3) is 1.92. The highest BCUT2D eigenvalue weighted by atomic mass is 19.4. The molecule has 0 aliphatic carbocycles. The van der Waals surface area contributed by atoms with Gasteiger partial charge >= 0.3 is 6.18 Å². The number of hydrogen-bond acceptors (Lipinski definition) is 4. The van der Waals surface area contributed by atoms with Crippen LogP contribution >= 0.6 is 0 Å². The van der Waals surface area contributed by atoms with E-state index in [4.69, 9.17) is 0 Å². The number of aromatic nitrogens is 5. The zero-order valence-electron chi connectivity index (χ0n) is 7.15. The predicted octanol–water partition coefficient (Wildman–Crippen LogP) is 1.28. The zero-order valence-corrected chi connectivity index (χ0v) is 7.15. The van der Waals surface area contributed by atoms with Crippen LogP contribution in [0.2, 0.25) is 0 Å². The summed E-state index contributed by atoms with van der Waals surface area (Å²) in [4.78, 5) is 10.9. The molecule has 2 aromatic rings. The predicted molar refractivity (Wildman–Crippen MR) is 42.4 cm³/mol. The second-order valence-corrected chi connectivity index (χ2v) is 2.63. The van der Waals surface area contributed by atoms with Crippen LogP contribution in [0.3, 0.4) is 0 Å². The molecular weight excluding hydrogens is 211 g/mol. The normalized spacial score (nSPS) is 11.7. The van der Waals surface area contributed by atoms with Crippen molar-refractivity contribution >= 4 is 0 Å². The van der Waals surface area contributed by atoms with E-state index < -0.39 is 11.9 Å². The van der Waals surface area contributed by atoms with Crippen LogP contribution in [0.5, 0.6) is 0 Å².